The number of anilines is 2. The Balaban J connectivity index is 1.64. The van der Waals surface area contributed by atoms with Gasteiger partial charge in [-0.1, -0.05) is 17.7 Å². The standard InChI is InChI=1S/C17H18ClN5O2/c1-12-2-3-14(8-15(12)18)21-17-19-9-13(10-20-17)16(25)23-6-4-22(11-24)5-7-23/h2-3,8-11H,4-7H2,1H3,(H,19,20,21). The largest absolute Gasteiger partial charge is 0.342 e. The van der Waals surface area contributed by atoms with Gasteiger partial charge in [0, 0.05) is 49.3 Å². The zero-order valence-electron chi connectivity index (χ0n) is 13.8. The van der Waals surface area contributed by atoms with Crippen LogP contribution in [0.15, 0.2) is 30.6 Å². The summed E-state index contributed by atoms with van der Waals surface area (Å²) in [7, 11) is 0. The fourth-order valence-corrected chi connectivity index (χ4v) is 2.70. The molecule has 25 heavy (non-hydrogen) atoms. The number of rotatable bonds is 4. The number of piperazine rings is 1. The number of nitrogens with zero attached hydrogens (tertiary/aromatic N) is 4. The summed E-state index contributed by atoms with van der Waals surface area (Å²) in [6, 6.07) is 5.59. The molecule has 2 aromatic rings. The van der Waals surface area contributed by atoms with Crippen LogP contribution in [0.3, 0.4) is 0 Å². The van der Waals surface area contributed by atoms with E-state index in [-0.39, 0.29) is 5.91 Å². The molecule has 1 aromatic carbocycles. The number of aryl methyl sites for hydroxylation is 1. The molecule has 0 spiro atoms. The Hall–Kier alpha value is -2.67. The third-order valence-corrected chi connectivity index (χ3v) is 4.48. The molecule has 2 amide bonds. The van der Waals surface area contributed by atoms with Crippen molar-refractivity contribution in [2.24, 2.45) is 0 Å². The van der Waals surface area contributed by atoms with Crippen molar-refractivity contribution in [2.75, 3.05) is 31.5 Å². The summed E-state index contributed by atoms with van der Waals surface area (Å²) in [5.74, 6) is 0.262. The molecule has 1 aliphatic heterocycles. The minimum Gasteiger partial charge on any atom is -0.342 e. The van der Waals surface area contributed by atoms with Crippen molar-refractivity contribution < 1.29 is 9.59 Å². The summed E-state index contributed by atoms with van der Waals surface area (Å²) in [5.41, 5.74) is 2.19. The van der Waals surface area contributed by atoms with E-state index >= 15 is 0 Å². The Morgan fingerprint density at radius 3 is 2.48 bits per heavy atom. The highest BCUT2D eigenvalue weighted by molar-refractivity contribution is 6.31. The van der Waals surface area contributed by atoms with E-state index in [4.69, 9.17) is 11.6 Å². The number of amides is 2. The molecule has 0 saturated carbocycles. The molecule has 1 aromatic heterocycles. The maximum atomic E-state index is 12.4. The SMILES string of the molecule is Cc1ccc(Nc2ncc(C(=O)N3CCN(C=O)CC3)cn2)cc1Cl. The van der Waals surface area contributed by atoms with Gasteiger partial charge in [0.25, 0.3) is 5.91 Å². The number of carbonyl (C=O) groups excluding carboxylic acids is 2. The van der Waals surface area contributed by atoms with E-state index in [1.807, 2.05) is 19.1 Å². The molecule has 0 bridgehead atoms. The molecule has 7 nitrogen and oxygen atoms in total. The third kappa shape index (κ3) is 4.06. The number of benzene rings is 1. The van der Waals surface area contributed by atoms with Gasteiger partial charge in [-0.3, -0.25) is 9.59 Å². The Morgan fingerprint density at radius 2 is 1.88 bits per heavy atom. The van der Waals surface area contributed by atoms with Crippen LogP contribution < -0.4 is 5.32 Å². The molecule has 3 rings (SSSR count). The first kappa shape index (κ1) is 17.2. The van der Waals surface area contributed by atoms with Crippen LogP contribution in [-0.2, 0) is 4.79 Å². The summed E-state index contributed by atoms with van der Waals surface area (Å²) in [6.45, 7) is 4.05. The van der Waals surface area contributed by atoms with Crippen molar-refractivity contribution in [3.05, 3.63) is 46.7 Å². The summed E-state index contributed by atoms with van der Waals surface area (Å²) >= 11 is 6.10. The smallest absolute Gasteiger partial charge is 0.257 e. The molecular weight excluding hydrogens is 342 g/mol. The molecular formula is C17H18ClN5O2. The van der Waals surface area contributed by atoms with Crippen LogP contribution in [0.2, 0.25) is 5.02 Å². The lowest BCUT2D eigenvalue weighted by Crippen LogP contribution is -2.48. The number of hydrogen-bond donors (Lipinski definition) is 1. The number of halogens is 1. The van der Waals surface area contributed by atoms with Gasteiger partial charge in [0.15, 0.2) is 0 Å². The maximum absolute atomic E-state index is 12.4. The molecule has 1 saturated heterocycles. The topological polar surface area (TPSA) is 78.4 Å². The fourth-order valence-electron chi connectivity index (χ4n) is 2.52. The van der Waals surface area contributed by atoms with Crippen molar-refractivity contribution in [1.29, 1.82) is 0 Å². The van der Waals surface area contributed by atoms with Crippen molar-refractivity contribution in [1.82, 2.24) is 19.8 Å². The maximum Gasteiger partial charge on any atom is 0.257 e. The van der Waals surface area contributed by atoms with Gasteiger partial charge in [0.1, 0.15) is 0 Å². The number of hydrogen-bond acceptors (Lipinski definition) is 5. The second-order valence-electron chi connectivity index (χ2n) is 5.82. The van der Waals surface area contributed by atoms with Crippen LogP contribution in [0, 0.1) is 6.92 Å². The van der Waals surface area contributed by atoms with Crippen LogP contribution in [0.1, 0.15) is 15.9 Å². The average molecular weight is 360 g/mol. The first-order valence-electron chi connectivity index (χ1n) is 7.90. The monoisotopic (exact) mass is 359 g/mol. The third-order valence-electron chi connectivity index (χ3n) is 4.08. The summed E-state index contributed by atoms with van der Waals surface area (Å²) < 4.78 is 0. The molecule has 2 heterocycles. The molecule has 1 N–H and O–H groups in total. The minimum atomic E-state index is -0.129. The van der Waals surface area contributed by atoms with Gasteiger partial charge in [-0.15, -0.1) is 0 Å². The quantitative estimate of drug-likeness (QED) is 0.846. The Kier molecular flexibility index (Phi) is 5.14. The summed E-state index contributed by atoms with van der Waals surface area (Å²) in [4.78, 5) is 34.9. The lowest BCUT2D eigenvalue weighted by molar-refractivity contribution is -0.119. The van der Waals surface area contributed by atoms with Crippen molar-refractivity contribution >= 4 is 35.6 Å². The zero-order chi connectivity index (χ0) is 17.8. The first-order valence-corrected chi connectivity index (χ1v) is 8.28. The van der Waals surface area contributed by atoms with Gasteiger partial charge in [0.2, 0.25) is 12.4 Å². The Labute approximate surface area is 150 Å². The summed E-state index contributed by atoms with van der Waals surface area (Å²) in [5, 5.41) is 3.71. The van der Waals surface area contributed by atoms with Gasteiger partial charge in [-0.05, 0) is 24.6 Å². The minimum absolute atomic E-state index is 0.129. The average Bonchev–Trinajstić information content (AvgIpc) is 2.65. The van der Waals surface area contributed by atoms with Crippen LogP contribution in [0.25, 0.3) is 0 Å². The van der Waals surface area contributed by atoms with Crippen LogP contribution in [0.4, 0.5) is 11.6 Å². The molecule has 0 radical (unpaired) electrons. The van der Waals surface area contributed by atoms with Gasteiger partial charge in [-0.25, -0.2) is 9.97 Å². The van der Waals surface area contributed by atoms with Gasteiger partial charge in [-0.2, -0.15) is 0 Å². The molecule has 1 fully saturated rings. The van der Waals surface area contributed by atoms with Crippen molar-refractivity contribution in [2.45, 2.75) is 6.92 Å². The van der Waals surface area contributed by atoms with E-state index in [0.717, 1.165) is 17.7 Å². The molecule has 1 aliphatic rings. The van der Waals surface area contributed by atoms with E-state index in [1.165, 1.54) is 12.4 Å². The second-order valence-corrected chi connectivity index (χ2v) is 6.23. The van der Waals surface area contributed by atoms with E-state index in [9.17, 15) is 9.59 Å². The fraction of sp³-hybridized carbons (Fsp3) is 0.294. The van der Waals surface area contributed by atoms with E-state index in [0.29, 0.717) is 42.7 Å². The van der Waals surface area contributed by atoms with Gasteiger partial charge >= 0.3 is 0 Å². The second kappa shape index (κ2) is 7.48. The summed E-state index contributed by atoms with van der Waals surface area (Å²) in [6.07, 6.45) is 3.81. The lowest BCUT2D eigenvalue weighted by atomic mass is 10.2. The molecule has 0 aliphatic carbocycles. The highest BCUT2D eigenvalue weighted by Gasteiger charge is 2.21. The highest BCUT2D eigenvalue weighted by atomic mass is 35.5. The lowest BCUT2D eigenvalue weighted by Gasteiger charge is -2.32. The predicted octanol–water partition coefficient (Wildman–Crippen LogP) is 2.10. The van der Waals surface area contributed by atoms with Crippen molar-refractivity contribution in [3.63, 3.8) is 0 Å². The highest BCUT2D eigenvalue weighted by Crippen LogP contribution is 2.21. The molecule has 130 valence electrons. The zero-order valence-corrected chi connectivity index (χ0v) is 14.5. The van der Waals surface area contributed by atoms with Crippen LogP contribution >= 0.6 is 11.6 Å². The van der Waals surface area contributed by atoms with E-state index in [1.54, 1.807) is 15.9 Å². The Bertz CT molecular complexity index is 773. The van der Waals surface area contributed by atoms with E-state index < -0.39 is 0 Å². The van der Waals surface area contributed by atoms with Crippen molar-refractivity contribution in [3.8, 4) is 0 Å². The molecule has 0 unspecified atom stereocenters. The van der Waals surface area contributed by atoms with Crippen LogP contribution in [-0.4, -0.2) is 58.3 Å². The number of carbonyl (C=O) groups is 2. The van der Waals surface area contributed by atoms with Gasteiger partial charge in [0.05, 0.1) is 5.56 Å². The molecule has 0 atom stereocenters. The first-order chi connectivity index (χ1) is 12.1. The predicted molar refractivity (Wildman–Crippen MR) is 95.0 cm³/mol. The Morgan fingerprint density at radius 1 is 1.20 bits per heavy atom. The number of nitrogens with one attached hydrogen (secondary N) is 1. The van der Waals surface area contributed by atoms with Crippen LogP contribution in [0.5, 0.6) is 0 Å². The number of aromatic nitrogens is 2. The van der Waals surface area contributed by atoms with E-state index in [2.05, 4.69) is 15.3 Å². The molecule has 8 heteroatoms. The van der Waals surface area contributed by atoms with Gasteiger partial charge < -0.3 is 15.1 Å². The normalized spacial score (nSPS) is 14.3.